The molecule has 1 aromatic heterocycles. The Hall–Kier alpha value is -1.42. The summed E-state index contributed by atoms with van der Waals surface area (Å²) in [5.41, 5.74) is 0.991. The van der Waals surface area contributed by atoms with Crippen LogP contribution in [0.15, 0.2) is 18.3 Å². The van der Waals surface area contributed by atoms with Crippen LogP contribution in [0.2, 0.25) is 0 Å². The Labute approximate surface area is 82.2 Å². The molecule has 4 heteroatoms. The van der Waals surface area contributed by atoms with E-state index in [1.165, 1.54) is 0 Å². The molecule has 1 aliphatic heterocycles. The molecule has 0 spiro atoms. The minimum Gasteiger partial charge on any atom is -0.387 e. The summed E-state index contributed by atoms with van der Waals surface area (Å²) in [7, 11) is 0. The van der Waals surface area contributed by atoms with Crippen molar-refractivity contribution in [1.82, 2.24) is 9.88 Å². The zero-order valence-corrected chi connectivity index (χ0v) is 7.68. The number of pyridine rings is 1. The van der Waals surface area contributed by atoms with Gasteiger partial charge in [-0.2, -0.15) is 0 Å². The SMILES string of the molecule is O=C(CO)N1CC(c2cc[c]cn2)C1. The molecule has 14 heavy (non-hydrogen) atoms. The third kappa shape index (κ3) is 1.61. The maximum absolute atomic E-state index is 11.0. The fourth-order valence-electron chi connectivity index (χ4n) is 1.54. The highest BCUT2D eigenvalue weighted by atomic mass is 16.3. The van der Waals surface area contributed by atoms with Gasteiger partial charge in [0.2, 0.25) is 5.91 Å². The maximum Gasteiger partial charge on any atom is 0.248 e. The lowest BCUT2D eigenvalue weighted by Crippen LogP contribution is -2.49. The van der Waals surface area contributed by atoms with Crippen molar-refractivity contribution in [3.05, 3.63) is 30.1 Å². The number of aliphatic hydroxyl groups excluding tert-OH is 1. The van der Waals surface area contributed by atoms with Crippen LogP contribution in [0.25, 0.3) is 0 Å². The van der Waals surface area contributed by atoms with Crippen molar-refractivity contribution in [3.63, 3.8) is 0 Å². The first kappa shape index (κ1) is 9.15. The minimum atomic E-state index is -0.400. The Balaban J connectivity index is 1.92. The van der Waals surface area contributed by atoms with Crippen molar-refractivity contribution in [2.24, 2.45) is 0 Å². The van der Waals surface area contributed by atoms with Crippen molar-refractivity contribution in [3.8, 4) is 0 Å². The fraction of sp³-hybridized carbons (Fsp3) is 0.400. The zero-order valence-electron chi connectivity index (χ0n) is 7.68. The van der Waals surface area contributed by atoms with E-state index < -0.39 is 6.61 Å². The van der Waals surface area contributed by atoms with Gasteiger partial charge in [-0.25, -0.2) is 0 Å². The van der Waals surface area contributed by atoms with E-state index in [1.54, 1.807) is 11.1 Å². The summed E-state index contributed by atoms with van der Waals surface area (Å²) < 4.78 is 0. The molecule has 0 aliphatic carbocycles. The van der Waals surface area contributed by atoms with Crippen LogP contribution in [0.1, 0.15) is 11.6 Å². The molecule has 0 atom stereocenters. The number of hydrogen-bond donors (Lipinski definition) is 1. The van der Waals surface area contributed by atoms with E-state index in [0.29, 0.717) is 19.0 Å². The number of likely N-dealkylation sites (tertiary alicyclic amines) is 1. The van der Waals surface area contributed by atoms with Crippen molar-refractivity contribution < 1.29 is 9.90 Å². The first-order valence-corrected chi connectivity index (χ1v) is 4.52. The molecule has 0 saturated carbocycles. The molecule has 1 amide bonds. The number of hydrogen-bond acceptors (Lipinski definition) is 3. The topological polar surface area (TPSA) is 53.4 Å². The number of nitrogens with zero attached hydrogens (tertiary/aromatic N) is 2. The van der Waals surface area contributed by atoms with Crippen LogP contribution < -0.4 is 0 Å². The van der Waals surface area contributed by atoms with Gasteiger partial charge in [0.1, 0.15) is 6.61 Å². The van der Waals surface area contributed by atoms with Crippen molar-refractivity contribution >= 4 is 5.91 Å². The van der Waals surface area contributed by atoms with Gasteiger partial charge in [-0.15, -0.1) is 0 Å². The Kier molecular flexibility index (Phi) is 2.45. The predicted molar refractivity (Wildman–Crippen MR) is 49.5 cm³/mol. The normalized spacial score (nSPS) is 16.5. The molecular formula is C10H11N2O2. The van der Waals surface area contributed by atoms with Crippen molar-refractivity contribution in [2.75, 3.05) is 19.7 Å². The summed E-state index contributed by atoms with van der Waals surface area (Å²) in [4.78, 5) is 16.8. The molecule has 2 rings (SSSR count). The summed E-state index contributed by atoms with van der Waals surface area (Å²) in [6, 6.07) is 6.58. The van der Waals surface area contributed by atoms with Crippen LogP contribution in [0, 0.1) is 6.07 Å². The minimum absolute atomic E-state index is 0.205. The molecule has 0 aromatic carbocycles. The second kappa shape index (κ2) is 3.75. The Morgan fingerprint density at radius 2 is 2.50 bits per heavy atom. The molecule has 1 aliphatic rings. The standard InChI is InChI=1S/C10H11N2O2/c13-7-10(14)12-5-8(6-12)9-3-1-2-4-11-9/h1,3-4,8,13H,5-7H2. The summed E-state index contributed by atoms with van der Waals surface area (Å²) in [6.45, 7) is 0.926. The van der Waals surface area contributed by atoms with Crippen LogP contribution in [0.4, 0.5) is 0 Å². The van der Waals surface area contributed by atoms with Crippen LogP contribution in [0.5, 0.6) is 0 Å². The Morgan fingerprint density at radius 1 is 1.71 bits per heavy atom. The smallest absolute Gasteiger partial charge is 0.248 e. The van der Waals surface area contributed by atoms with Gasteiger partial charge in [0.25, 0.3) is 0 Å². The average Bonchev–Trinajstić information content (AvgIpc) is 2.17. The largest absolute Gasteiger partial charge is 0.387 e. The van der Waals surface area contributed by atoms with E-state index >= 15 is 0 Å². The number of aliphatic hydroxyl groups is 1. The number of carbonyl (C=O) groups is 1. The van der Waals surface area contributed by atoms with Gasteiger partial charge in [0.15, 0.2) is 0 Å². The van der Waals surface area contributed by atoms with E-state index in [4.69, 9.17) is 5.11 Å². The maximum atomic E-state index is 11.0. The lowest BCUT2D eigenvalue weighted by molar-refractivity contribution is -0.138. The predicted octanol–water partition coefficient (Wildman–Crippen LogP) is -0.200. The highest BCUT2D eigenvalue weighted by Crippen LogP contribution is 2.24. The quantitative estimate of drug-likeness (QED) is 0.704. The highest BCUT2D eigenvalue weighted by molar-refractivity contribution is 5.78. The van der Waals surface area contributed by atoms with E-state index in [1.807, 2.05) is 12.1 Å². The monoisotopic (exact) mass is 191 g/mol. The Bertz CT molecular complexity index is 320. The van der Waals surface area contributed by atoms with Crippen LogP contribution in [-0.2, 0) is 4.79 Å². The molecule has 73 valence electrons. The number of amides is 1. The lowest BCUT2D eigenvalue weighted by atomic mass is 9.96. The average molecular weight is 191 g/mol. The molecule has 1 radical (unpaired) electrons. The molecule has 0 bridgehead atoms. The first-order chi connectivity index (χ1) is 6.81. The third-order valence-corrected chi connectivity index (χ3v) is 2.43. The van der Waals surface area contributed by atoms with Gasteiger partial charge in [0.05, 0.1) is 0 Å². The second-order valence-electron chi connectivity index (χ2n) is 3.34. The number of rotatable bonds is 2. The molecule has 1 N–H and O–H groups in total. The molecule has 0 unspecified atom stereocenters. The zero-order chi connectivity index (χ0) is 9.97. The molecule has 2 heterocycles. The number of aromatic nitrogens is 1. The second-order valence-corrected chi connectivity index (χ2v) is 3.34. The van der Waals surface area contributed by atoms with E-state index in [-0.39, 0.29) is 5.91 Å². The van der Waals surface area contributed by atoms with Gasteiger partial charge in [0, 0.05) is 37.0 Å². The van der Waals surface area contributed by atoms with Crippen LogP contribution >= 0.6 is 0 Å². The fourth-order valence-corrected chi connectivity index (χ4v) is 1.54. The summed E-state index contributed by atoms with van der Waals surface area (Å²) in [6.07, 6.45) is 1.63. The van der Waals surface area contributed by atoms with Gasteiger partial charge in [-0.3, -0.25) is 9.78 Å². The van der Waals surface area contributed by atoms with Gasteiger partial charge in [-0.05, 0) is 6.07 Å². The molecule has 4 nitrogen and oxygen atoms in total. The first-order valence-electron chi connectivity index (χ1n) is 4.52. The summed E-state index contributed by atoms with van der Waals surface area (Å²) in [5, 5.41) is 8.62. The van der Waals surface area contributed by atoms with E-state index in [0.717, 1.165) is 5.69 Å². The molecule has 1 fully saturated rings. The Morgan fingerprint density at radius 3 is 3.07 bits per heavy atom. The molecule has 1 aromatic rings. The molecule has 1 saturated heterocycles. The van der Waals surface area contributed by atoms with Crippen LogP contribution in [-0.4, -0.2) is 40.6 Å². The highest BCUT2D eigenvalue weighted by Gasteiger charge is 2.31. The molecular weight excluding hydrogens is 180 g/mol. The summed E-state index contributed by atoms with van der Waals surface area (Å²) in [5.74, 6) is 0.115. The third-order valence-electron chi connectivity index (χ3n) is 2.43. The van der Waals surface area contributed by atoms with E-state index in [2.05, 4.69) is 11.1 Å². The van der Waals surface area contributed by atoms with Gasteiger partial charge in [-0.1, -0.05) is 6.07 Å². The van der Waals surface area contributed by atoms with E-state index in [9.17, 15) is 4.79 Å². The van der Waals surface area contributed by atoms with Gasteiger partial charge < -0.3 is 10.0 Å². The lowest BCUT2D eigenvalue weighted by Gasteiger charge is -2.38. The van der Waals surface area contributed by atoms with Gasteiger partial charge >= 0.3 is 0 Å². The van der Waals surface area contributed by atoms with Crippen molar-refractivity contribution in [1.29, 1.82) is 0 Å². The van der Waals surface area contributed by atoms with Crippen molar-refractivity contribution in [2.45, 2.75) is 5.92 Å². The summed E-state index contributed by atoms with van der Waals surface area (Å²) >= 11 is 0. The number of carbonyl (C=O) groups excluding carboxylic acids is 1. The van der Waals surface area contributed by atoms with Crippen LogP contribution in [0.3, 0.4) is 0 Å².